The molecule has 1 heterocycles. The third-order valence-electron chi connectivity index (χ3n) is 4.70. The maximum Gasteiger partial charge on any atom is 0.318 e. The standard InChI is InChI=1S/C20H28Cl2N4O4/c1-12(2)9-17(25-20(29)26-5-7-30-8-6-26)19(28)24-16(18(23)27)11-13-3-4-14(21)15(22)10-13/h3-4,10,12,16-17H,5-9,11H2,1-2H3,(H2,23,27)(H,24,28)(H,25,29)/t16-,17-/m0/s1. The first-order chi connectivity index (χ1) is 14.2. The van der Waals surface area contributed by atoms with Crippen LogP contribution in [0.15, 0.2) is 18.2 Å². The number of nitrogens with zero attached hydrogens (tertiary/aromatic N) is 1. The van der Waals surface area contributed by atoms with Gasteiger partial charge in [0.1, 0.15) is 12.1 Å². The Morgan fingerprint density at radius 3 is 2.33 bits per heavy atom. The van der Waals surface area contributed by atoms with Gasteiger partial charge < -0.3 is 26.0 Å². The van der Waals surface area contributed by atoms with Crippen LogP contribution in [-0.2, 0) is 20.7 Å². The third-order valence-corrected chi connectivity index (χ3v) is 5.44. The Kier molecular flexibility index (Phi) is 9.20. The van der Waals surface area contributed by atoms with Gasteiger partial charge in [0.2, 0.25) is 11.8 Å². The van der Waals surface area contributed by atoms with Gasteiger partial charge in [-0.05, 0) is 30.0 Å². The first-order valence-corrected chi connectivity index (χ1v) is 10.6. The van der Waals surface area contributed by atoms with E-state index in [1.165, 1.54) is 0 Å². The molecule has 4 amide bonds. The van der Waals surface area contributed by atoms with Gasteiger partial charge in [-0.25, -0.2) is 4.79 Å². The Bertz CT molecular complexity index is 769. The summed E-state index contributed by atoms with van der Waals surface area (Å²) in [4.78, 5) is 39.0. The van der Waals surface area contributed by atoms with Crippen molar-refractivity contribution in [1.82, 2.24) is 15.5 Å². The molecule has 0 aliphatic carbocycles. The summed E-state index contributed by atoms with van der Waals surface area (Å²) in [5.74, 6) is -1.00. The van der Waals surface area contributed by atoms with Gasteiger partial charge in [0.05, 0.1) is 23.3 Å². The number of benzene rings is 1. The summed E-state index contributed by atoms with van der Waals surface area (Å²) in [6.45, 7) is 5.74. The van der Waals surface area contributed by atoms with E-state index in [4.69, 9.17) is 33.7 Å². The van der Waals surface area contributed by atoms with Crippen molar-refractivity contribution in [2.24, 2.45) is 11.7 Å². The van der Waals surface area contributed by atoms with Gasteiger partial charge in [-0.1, -0.05) is 43.1 Å². The lowest BCUT2D eigenvalue weighted by Crippen LogP contribution is -2.56. The molecule has 0 bridgehead atoms. The number of ether oxygens (including phenoxy) is 1. The minimum atomic E-state index is -0.954. The molecule has 10 heteroatoms. The number of morpholine rings is 1. The molecule has 1 saturated heterocycles. The Morgan fingerprint density at radius 2 is 1.77 bits per heavy atom. The molecule has 0 unspecified atom stereocenters. The topological polar surface area (TPSA) is 114 Å². The molecule has 2 atom stereocenters. The van der Waals surface area contributed by atoms with E-state index >= 15 is 0 Å². The molecule has 30 heavy (non-hydrogen) atoms. The van der Waals surface area contributed by atoms with Crippen molar-refractivity contribution in [3.8, 4) is 0 Å². The van der Waals surface area contributed by atoms with E-state index in [2.05, 4.69) is 10.6 Å². The van der Waals surface area contributed by atoms with Crippen LogP contribution in [-0.4, -0.2) is 61.1 Å². The maximum absolute atomic E-state index is 12.9. The molecule has 0 aromatic heterocycles. The van der Waals surface area contributed by atoms with Gasteiger partial charge in [0.25, 0.3) is 0 Å². The van der Waals surface area contributed by atoms with Crippen LogP contribution in [0, 0.1) is 5.92 Å². The van der Waals surface area contributed by atoms with Crippen LogP contribution < -0.4 is 16.4 Å². The van der Waals surface area contributed by atoms with Gasteiger partial charge in [0, 0.05) is 19.5 Å². The molecule has 4 N–H and O–H groups in total. The zero-order chi connectivity index (χ0) is 22.3. The lowest BCUT2D eigenvalue weighted by Gasteiger charge is -2.30. The number of hydrogen-bond acceptors (Lipinski definition) is 4. The van der Waals surface area contributed by atoms with Crippen molar-refractivity contribution < 1.29 is 19.1 Å². The predicted octanol–water partition coefficient (Wildman–Crippen LogP) is 1.96. The third kappa shape index (κ3) is 7.34. The van der Waals surface area contributed by atoms with Crippen molar-refractivity contribution in [2.75, 3.05) is 26.3 Å². The number of primary amides is 1. The maximum atomic E-state index is 12.9. The largest absolute Gasteiger partial charge is 0.378 e. The molecule has 1 aromatic rings. The number of carbonyl (C=O) groups is 3. The van der Waals surface area contributed by atoms with Gasteiger partial charge >= 0.3 is 6.03 Å². The highest BCUT2D eigenvalue weighted by atomic mass is 35.5. The van der Waals surface area contributed by atoms with E-state index in [9.17, 15) is 14.4 Å². The lowest BCUT2D eigenvalue weighted by atomic mass is 10.0. The van der Waals surface area contributed by atoms with E-state index in [1.807, 2.05) is 13.8 Å². The molecule has 0 spiro atoms. The minimum Gasteiger partial charge on any atom is -0.378 e. The summed E-state index contributed by atoms with van der Waals surface area (Å²) in [6, 6.07) is 2.86. The Balaban J connectivity index is 2.07. The summed E-state index contributed by atoms with van der Waals surface area (Å²) >= 11 is 11.9. The zero-order valence-electron chi connectivity index (χ0n) is 17.1. The molecule has 1 aliphatic heterocycles. The summed E-state index contributed by atoms with van der Waals surface area (Å²) in [6.07, 6.45) is 0.573. The number of halogens is 2. The molecular weight excluding hydrogens is 431 g/mol. The number of nitrogens with two attached hydrogens (primary N) is 1. The SMILES string of the molecule is CC(C)C[C@H](NC(=O)N1CCOCC1)C(=O)N[C@@H](Cc1ccc(Cl)c(Cl)c1)C(N)=O. The van der Waals surface area contributed by atoms with E-state index in [1.54, 1.807) is 23.1 Å². The first-order valence-electron chi connectivity index (χ1n) is 9.84. The summed E-state index contributed by atoms with van der Waals surface area (Å²) in [5, 5.41) is 6.17. The van der Waals surface area contributed by atoms with Crippen LogP contribution in [0.3, 0.4) is 0 Å². The van der Waals surface area contributed by atoms with Crippen LogP contribution in [0.4, 0.5) is 4.79 Å². The van der Waals surface area contributed by atoms with E-state index in [0.29, 0.717) is 48.3 Å². The van der Waals surface area contributed by atoms with Crippen molar-refractivity contribution in [2.45, 2.75) is 38.8 Å². The van der Waals surface area contributed by atoms with Crippen LogP contribution >= 0.6 is 23.2 Å². The van der Waals surface area contributed by atoms with Crippen molar-refractivity contribution in [3.63, 3.8) is 0 Å². The van der Waals surface area contributed by atoms with Crippen LogP contribution in [0.5, 0.6) is 0 Å². The fraction of sp³-hybridized carbons (Fsp3) is 0.550. The second kappa shape index (κ2) is 11.4. The van der Waals surface area contributed by atoms with Crippen molar-refractivity contribution in [1.29, 1.82) is 0 Å². The second-order valence-corrected chi connectivity index (χ2v) is 8.46. The first kappa shape index (κ1) is 24.2. The minimum absolute atomic E-state index is 0.146. The quantitative estimate of drug-likeness (QED) is 0.552. The highest BCUT2D eigenvalue weighted by molar-refractivity contribution is 6.42. The molecule has 0 saturated carbocycles. The van der Waals surface area contributed by atoms with E-state index < -0.39 is 23.9 Å². The predicted molar refractivity (Wildman–Crippen MR) is 115 cm³/mol. The monoisotopic (exact) mass is 458 g/mol. The number of rotatable bonds is 8. The second-order valence-electron chi connectivity index (χ2n) is 7.65. The van der Waals surface area contributed by atoms with Gasteiger partial charge in [-0.2, -0.15) is 0 Å². The van der Waals surface area contributed by atoms with Crippen LogP contribution in [0.2, 0.25) is 10.0 Å². The Morgan fingerprint density at radius 1 is 1.10 bits per heavy atom. The average molecular weight is 459 g/mol. The Hall–Kier alpha value is -2.03. The van der Waals surface area contributed by atoms with Crippen LogP contribution in [0.1, 0.15) is 25.8 Å². The highest BCUT2D eigenvalue weighted by Gasteiger charge is 2.28. The summed E-state index contributed by atoms with van der Waals surface area (Å²) < 4.78 is 5.25. The molecule has 1 aliphatic rings. The number of hydrogen-bond donors (Lipinski definition) is 3. The number of carbonyl (C=O) groups excluding carboxylic acids is 3. The van der Waals surface area contributed by atoms with Crippen molar-refractivity contribution in [3.05, 3.63) is 33.8 Å². The molecule has 2 rings (SSSR count). The lowest BCUT2D eigenvalue weighted by molar-refractivity contribution is -0.128. The average Bonchev–Trinajstić information content (AvgIpc) is 2.69. The highest BCUT2D eigenvalue weighted by Crippen LogP contribution is 2.23. The molecule has 1 aromatic carbocycles. The number of urea groups is 1. The summed E-state index contributed by atoms with van der Waals surface area (Å²) in [5.41, 5.74) is 6.20. The van der Waals surface area contributed by atoms with Gasteiger partial charge in [-0.15, -0.1) is 0 Å². The molecule has 0 radical (unpaired) electrons. The normalized spacial score (nSPS) is 16.1. The van der Waals surface area contributed by atoms with E-state index in [0.717, 1.165) is 0 Å². The fourth-order valence-electron chi connectivity index (χ4n) is 3.11. The Labute approximate surface area is 186 Å². The molecule has 1 fully saturated rings. The molecular formula is C20H28Cl2N4O4. The van der Waals surface area contributed by atoms with Gasteiger partial charge in [0.15, 0.2) is 0 Å². The zero-order valence-corrected chi connectivity index (χ0v) is 18.6. The number of amides is 4. The molecule has 8 nitrogen and oxygen atoms in total. The van der Waals surface area contributed by atoms with E-state index in [-0.39, 0.29) is 18.4 Å². The van der Waals surface area contributed by atoms with Crippen LogP contribution in [0.25, 0.3) is 0 Å². The van der Waals surface area contributed by atoms with Gasteiger partial charge in [-0.3, -0.25) is 9.59 Å². The molecule has 166 valence electrons. The van der Waals surface area contributed by atoms with Crippen molar-refractivity contribution >= 4 is 41.0 Å². The number of nitrogens with one attached hydrogen (secondary N) is 2. The fourth-order valence-corrected chi connectivity index (χ4v) is 3.43. The smallest absolute Gasteiger partial charge is 0.318 e. The summed E-state index contributed by atoms with van der Waals surface area (Å²) in [7, 11) is 0.